The topological polar surface area (TPSA) is 58.2 Å². The Kier molecular flexibility index (Phi) is 4.43. The summed E-state index contributed by atoms with van der Waals surface area (Å²) in [7, 11) is -4.10. The van der Waals surface area contributed by atoms with Gasteiger partial charge in [0.15, 0.2) is 0 Å². The summed E-state index contributed by atoms with van der Waals surface area (Å²) in [6, 6.07) is 1.90. The normalized spacial score (nSPS) is 16.6. The van der Waals surface area contributed by atoms with Gasteiger partial charge in [-0.05, 0) is 31.4 Å². The highest BCUT2D eigenvalue weighted by atomic mass is 32.2. The van der Waals surface area contributed by atoms with Gasteiger partial charge in [0, 0.05) is 17.5 Å². The molecule has 2 rings (SSSR count). The minimum absolute atomic E-state index is 0.0770. The fourth-order valence-corrected chi connectivity index (χ4v) is 4.17. The lowest BCUT2D eigenvalue weighted by molar-refractivity contribution is -0.121. The number of rotatable bonds is 6. The van der Waals surface area contributed by atoms with Gasteiger partial charge >= 0.3 is 6.18 Å². The summed E-state index contributed by atoms with van der Waals surface area (Å²) >= 11 is 1.01. The van der Waals surface area contributed by atoms with Crippen LogP contribution in [-0.2, 0) is 16.6 Å². The Morgan fingerprint density at radius 2 is 2.05 bits per heavy atom. The first-order valence-corrected chi connectivity index (χ1v) is 8.36. The summed E-state index contributed by atoms with van der Waals surface area (Å²) in [5, 5.41) is 3.25. The summed E-state index contributed by atoms with van der Waals surface area (Å²) in [6.45, 7) is 0.751. The first kappa shape index (κ1) is 15.7. The maximum atomic E-state index is 12.1. The van der Waals surface area contributed by atoms with Crippen LogP contribution in [0.4, 0.5) is 13.2 Å². The Hall–Kier alpha value is -0.640. The fraction of sp³-hybridized carbons (Fsp3) is 0.636. The van der Waals surface area contributed by atoms with E-state index in [9.17, 15) is 21.6 Å². The number of aryl methyl sites for hydroxylation is 1. The van der Waals surface area contributed by atoms with E-state index < -0.39 is 22.7 Å². The van der Waals surface area contributed by atoms with Crippen molar-refractivity contribution < 1.29 is 21.6 Å². The molecule has 0 spiro atoms. The molecular formula is C11H15F3N2O2S2. The highest BCUT2D eigenvalue weighted by Gasteiger charge is 2.31. The van der Waals surface area contributed by atoms with E-state index in [1.54, 1.807) is 11.6 Å². The Bertz CT molecular complexity index is 577. The second-order valence-electron chi connectivity index (χ2n) is 4.77. The number of hydrogen-bond acceptors (Lipinski definition) is 4. The molecule has 0 bridgehead atoms. The lowest BCUT2D eigenvalue weighted by Gasteiger charge is -2.07. The second-order valence-corrected chi connectivity index (χ2v) is 7.90. The zero-order chi connectivity index (χ0) is 15.0. The van der Waals surface area contributed by atoms with Gasteiger partial charge in [0.2, 0.25) is 10.0 Å². The molecule has 2 N–H and O–H groups in total. The standard InChI is InChI=1S/C11H15F3N2O2S2/c1-7-4-10(19-9(7)5-15-8-2-3-8)20(17,18)16-6-11(12,13)14/h4,8,15-16H,2-3,5-6H2,1H3. The van der Waals surface area contributed by atoms with E-state index in [4.69, 9.17) is 0 Å². The maximum Gasteiger partial charge on any atom is 0.402 e. The number of nitrogens with one attached hydrogen (secondary N) is 2. The van der Waals surface area contributed by atoms with Gasteiger partial charge < -0.3 is 5.32 Å². The smallest absolute Gasteiger partial charge is 0.309 e. The van der Waals surface area contributed by atoms with Crippen molar-refractivity contribution in [3.63, 3.8) is 0 Å². The highest BCUT2D eigenvalue weighted by Crippen LogP contribution is 2.28. The number of thiophene rings is 1. The van der Waals surface area contributed by atoms with Crippen LogP contribution in [0.1, 0.15) is 23.3 Å². The van der Waals surface area contributed by atoms with Crippen molar-refractivity contribution in [2.45, 2.75) is 42.7 Å². The number of halogens is 3. The van der Waals surface area contributed by atoms with Crippen molar-refractivity contribution in [1.29, 1.82) is 0 Å². The van der Waals surface area contributed by atoms with Gasteiger partial charge in [-0.15, -0.1) is 11.3 Å². The zero-order valence-corrected chi connectivity index (χ0v) is 12.4. The summed E-state index contributed by atoms with van der Waals surface area (Å²) < 4.78 is 61.2. The van der Waals surface area contributed by atoms with Crippen LogP contribution in [0.15, 0.2) is 10.3 Å². The van der Waals surface area contributed by atoms with Crippen molar-refractivity contribution in [2.24, 2.45) is 0 Å². The molecule has 1 saturated carbocycles. The number of hydrogen-bond donors (Lipinski definition) is 2. The first-order chi connectivity index (χ1) is 9.17. The Morgan fingerprint density at radius 1 is 1.40 bits per heavy atom. The van der Waals surface area contributed by atoms with Crippen molar-refractivity contribution in [2.75, 3.05) is 6.54 Å². The number of alkyl halides is 3. The van der Waals surface area contributed by atoms with Gasteiger partial charge in [-0.3, -0.25) is 0 Å². The first-order valence-electron chi connectivity index (χ1n) is 6.06. The van der Waals surface area contributed by atoms with Crippen LogP contribution in [-0.4, -0.2) is 27.2 Å². The summed E-state index contributed by atoms with van der Waals surface area (Å²) in [4.78, 5) is 0.837. The van der Waals surface area contributed by atoms with E-state index in [1.807, 2.05) is 0 Å². The van der Waals surface area contributed by atoms with Gasteiger partial charge in [-0.1, -0.05) is 0 Å². The van der Waals surface area contributed by atoms with E-state index in [2.05, 4.69) is 5.32 Å². The predicted octanol–water partition coefficient (Wildman–Crippen LogP) is 2.15. The average molecular weight is 328 g/mol. The maximum absolute atomic E-state index is 12.1. The van der Waals surface area contributed by atoms with Crippen LogP contribution >= 0.6 is 11.3 Å². The third kappa shape index (κ3) is 4.44. The van der Waals surface area contributed by atoms with Crippen LogP contribution in [0.3, 0.4) is 0 Å². The molecular weight excluding hydrogens is 313 g/mol. The van der Waals surface area contributed by atoms with Crippen molar-refractivity contribution in [3.05, 3.63) is 16.5 Å². The molecule has 0 aliphatic heterocycles. The number of sulfonamides is 1. The third-order valence-electron chi connectivity index (χ3n) is 2.85. The molecule has 1 fully saturated rings. The van der Waals surface area contributed by atoms with Crippen LogP contribution in [0.25, 0.3) is 0 Å². The fourth-order valence-electron chi connectivity index (χ4n) is 1.57. The van der Waals surface area contributed by atoms with Crippen LogP contribution in [0, 0.1) is 6.92 Å². The predicted molar refractivity (Wildman–Crippen MR) is 70.2 cm³/mol. The molecule has 114 valence electrons. The lowest BCUT2D eigenvalue weighted by atomic mass is 10.3. The van der Waals surface area contributed by atoms with Gasteiger partial charge in [0.05, 0.1) is 0 Å². The molecule has 0 saturated heterocycles. The minimum Gasteiger partial charge on any atom is -0.309 e. The van der Waals surface area contributed by atoms with Gasteiger partial charge in [0.1, 0.15) is 10.8 Å². The van der Waals surface area contributed by atoms with Crippen molar-refractivity contribution in [1.82, 2.24) is 10.0 Å². The summed E-state index contributed by atoms with van der Waals surface area (Å²) in [5.74, 6) is 0. The Morgan fingerprint density at radius 3 is 2.60 bits per heavy atom. The molecule has 0 radical (unpaired) electrons. The minimum atomic E-state index is -4.56. The molecule has 0 unspecified atom stereocenters. The van der Waals surface area contributed by atoms with Gasteiger partial charge in [0.25, 0.3) is 0 Å². The van der Waals surface area contributed by atoms with Crippen LogP contribution in [0.2, 0.25) is 0 Å². The van der Waals surface area contributed by atoms with Gasteiger partial charge in [-0.2, -0.15) is 13.2 Å². The molecule has 4 nitrogen and oxygen atoms in total. The summed E-state index contributed by atoms with van der Waals surface area (Å²) in [6.07, 6.45) is -2.33. The van der Waals surface area contributed by atoms with E-state index in [1.165, 1.54) is 6.07 Å². The average Bonchev–Trinajstić information content (AvgIpc) is 3.07. The SMILES string of the molecule is Cc1cc(S(=O)(=O)NCC(F)(F)F)sc1CNC1CC1. The highest BCUT2D eigenvalue weighted by molar-refractivity contribution is 7.91. The molecule has 20 heavy (non-hydrogen) atoms. The quantitative estimate of drug-likeness (QED) is 0.841. The van der Waals surface area contributed by atoms with E-state index in [-0.39, 0.29) is 4.21 Å². The summed E-state index contributed by atoms with van der Waals surface area (Å²) in [5.41, 5.74) is 0.774. The largest absolute Gasteiger partial charge is 0.402 e. The Balaban J connectivity index is 2.05. The molecule has 0 amide bonds. The van der Waals surface area contributed by atoms with E-state index in [0.29, 0.717) is 12.6 Å². The molecule has 1 aromatic heterocycles. The van der Waals surface area contributed by atoms with Crippen molar-refractivity contribution in [3.8, 4) is 0 Å². The molecule has 0 atom stereocenters. The molecule has 1 aliphatic rings. The van der Waals surface area contributed by atoms with E-state index in [0.717, 1.165) is 34.6 Å². The lowest BCUT2D eigenvalue weighted by Crippen LogP contribution is -2.33. The Labute approximate surface area is 119 Å². The van der Waals surface area contributed by atoms with E-state index >= 15 is 0 Å². The molecule has 1 aliphatic carbocycles. The monoisotopic (exact) mass is 328 g/mol. The molecule has 9 heteroatoms. The second kappa shape index (κ2) is 5.63. The molecule has 1 heterocycles. The van der Waals surface area contributed by atoms with Crippen molar-refractivity contribution >= 4 is 21.4 Å². The van der Waals surface area contributed by atoms with Gasteiger partial charge in [-0.25, -0.2) is 13.1 Å². The molecule has 1 aromatic rings. The van der Waals surface area contributed by atoms with Crippen LogP contribution < -0.4 is 10.0 Å². The van der Waals surface area contributed by atoms with Crippen LogP contribution in [0.5, 0.6) is 0 Å². The molecule has 0 aromatic carbocycles. The zero-order valence-electron chi connectivity index (χ0n) is 10.8. The third-order valence-corrected chi connectivity index (χ3v) is 5.97.